The fraction of sp³-hybridized carbons (Fsp3) is 0.250. The van der Waals surface area contributed by atoms with E-state index in [9.17, 15) is 9.59 Å². The standard InChI is InChI=1S/C20H19N3O2/c1-2-11-23-17-10-6-4-7-13(17)15(20(23)25)12-18-21-16-9-5-3-8-14(16)19(24)22-18/h3-10,15H,2,11-12H2,1H3,(H,21,22,24)/t15-/m0/s1. The van der Waals surface area contributed by atoms with Crippen molar-refractivity contribution in [3.8, 4) is 0 Å². The number of hydrogen-bond donors (Lipinski definition) is 1. The van der Waals surface area contributed by atoms with Gasteiger partial charge in [0.25, 0.3) is 5.56 Å². The van der Waals surface area contributed by atoms with E-state index in [1.54, 1.807) is 6.07 Å². The number of hydrogen-bond acceptors (Lipinski definition) is 3. The van der Waals surface area contributed by atoms with Crippen molar-refractivity contribution in [3.05, 3.63) is 70.3 Å². The number of carbonyl (C=O) groups excluding carboxylic acids is 1. The predicted molar refractivity (Wildman–Crippen MR) is 97.9 cm³/mol. The molecule has 1 aliphatic rings. The second-order valence-corrected chi connectivity index (χ2v) is 6.34. The normalized spacial score (nSPS) is 16.4. The van der Waals surface area contributed by atoms with E-state index in [4.69, 9.17) is 0 Å². The summed E-state index contributed by atoms with van der Waals surface area (Å²) < 4.78 is 0. The molecule has 1 aliphatic heterocycles. The largest absolute Gasteiger partial charge is 0.312 e. The lowest BCUT2D eigenvalue weighted by Crippen LogP contribution is -2.30. The van der Waals surface area contributed by atoms with Crippen LogP contribution in [-0.4, -0.2) is 22.4 Å². The van der Waals surface area contributed by atoms with Crippen molar-refractivity contribution in [1.82, 2.24) is 9.97 Å². The van der Waals surface area contributed by atoms with Crippen LogP contribution in [0.15, 0.2) is 53.3 Å². The molecule has 0 saturated carbocycles. The van der Waals surface area contributed by atoms with Gasteiger partial charge in [0.2, 0.25) is 5.91 Å². The van der Waals surface area contributed by atoms with Crippen molar-refractivity contribution in [2.24, 2.45) is 0 Å². The molecule has 2 aromatic carbocycles. The summed E-state index contributed by atoms with van der Waals surface area (Å²) in [5.74, 6) is 0.334. The molecule has 126 valence electrons. The lowest BCUT2D eigenvalue weighted by molar-refractivity contribution is -0.119. The van der Waals surface area contributed by atoms with E-state index < -0.39 is 0 Å². The molecular formula is C20H19N3O2. The Kier molecular flexibility index (Phi) is 3.84. The Balaban J connectivity index is 1.73. The van der Waals surface area contributed by atoms with Gasteiger partial charge < -0.3 is 9.88 Å². The lowest BCUT2D eigenvalue weighted by Gasteiger charge is -2.16. The number of nitrogens with zero attached hydrogens (tertiary/aromatic N) is 2. The summed E-state index contributed by atoms with van der Waals surface area (Å²) in [6.45, 7) is 2.76. The van der Waals surface area contributed by atoms with Gasteiger partial charge in [0.1, 0.15) is 5.82 Å². The van der Waals surface area contributed by atoms with E-state index >= 15 is 0 Å². The van der Waals surface area contributed by atoms with Crippen LogP contribution >= 0.6 is 0 Å². The molecule has 1 amide bonds. The third kappa shape index (κ3) is 2.61. The maximum absolute atomic E-state index is 12.9. The number of fused-ring (bicyclic) bond motifs is 2. The van der Waals surface area contributed by atoms with E-state index in [0.717, 1.165) is 17.7 Å². The number of nitrogens with one attached hydrogen (secondary N) is 1. The number of aromatic amines is 1. The van der Waals surface area contributed by atoms with Crippen molar-refractivity contribution < 1.29 is 4.79 Å². The summed E-state index contributed by atoms with van der Waals surface area (Å²) >= 11 is 0. The molecule has 2 heterocycles. The molecule has 1 N–H and O–H groups in total. The molecule has 0 unspecified atom stereocenters. The molecule has 4 rings (SSSR count). The van der Waals surface area contributed by atoms with Crippen molar-refractivity contribution in [2.75, 3.05) is 11.4 Å². The molecule has 0 aliphatic carbocycles. The van der Waals surface area contributed by atoms with Gasteiger partial charge in [-0.3, -0.25) is 9.59 Å². The number of H-pyrrole nitrogens is 1. The third-order valence-electron chi connectivity index (χ3n) is 4.67. The van der Waals surface area contributed by atoms with Crippen LogP contribution in [-0.2, 0) is 11.2 Å². The first-order chi connectivity index (χ1) is 12.2. The van der Waals surface area contributed by atoms with Crippen molar-refractivity contribution in [1.29, 1.82) is 0 Å². The minimum absolute atomic E-state index is 0.0823. The topological polar surface area (TPSA) is 66.1 Å². The van der Waals surface area contributed by atoms with Crippen LogP contribution in [0, 0.1) is 0 Å². The molecule has 5 heteroatoms. The zero-order chi connectivity index (χ0) is 17.4. The molecule has 0 spiro atoms. The van der Waals surface area contributed by atoms with Gasteiger partial charge in [0, 0.05) is 18.7 Å². The first kappa shape index (κ1) is 15.6. The van der Waals surface area contributed by atoms with Crippen LogP contribution in [0.4, 0.5) is 5.69 Å². The summed E-state index contributed by atoms with van der Waals surface area (Å²) in [7, 11) is 0. The fourth-order valence-corrected chi connectivity index (χ4v) is 3.54. The van der Waals surface area contributed by atoms with E-state index in [-0.39, 0.29) is 17.4 Å². The van der Waals surface area contributed by atoms with Gasteiger partial charge >= 0.3 is 0 Å². The highest BCUT2D eigenvalue weighted by atomic mass is 16.2. The highest BCUT2D eigenvalue weighted by molar-refractivity contribution is 6.05. The molecule has 5 nitrogen and oxygen atoms in total. The highest BCUT2D eigenvalue weighted by Crippen LogP contribution is 2.38. The Morgan fingerprint density at radius 1 is 1.08 bits per heavy atom. The number of aromatic nitrogens is 2. The molecule has 3 aromatic rings. The van der Waals surface area contributed by atoms with E-state index in [1.807, 2.05) is 47.4 Å². The molecule has 0 bridgehead atoms. The minimum Gasteiger partial charge on any atom is -0.312 e. The number of carbonyl (C=O) groups is 1. The molecule has 0 fully saturated rings. The average Bonchev–Trinajstić information content (AvgIpc) is 2.88. The monoisotopic (exact) mass is 333 g/mol. The Bertz CT molecular complexity index is 1010. The Morgan fingerprint density at radius 3 is 2.68 bits per heavy atom. The Hall–Kier alpha value is -2.95. The smallest absolute Gasteiger partial charge is 0.258 e. The average molecular weight is 333 g/mol. The Labute approximate surface area is 145 Å². The third-order valence-corrected chi connectivity index (χ3v) is 4.67. The van der Waals surface area contributed by atoms with Crippen LogP contribution < -0.4 is 10.5 Å². The number of para-hydroxylation sites is 2. The van der Waals surface area contributed by atoms with Crippen LogP contribution in [0.2, 0.25) is 0 Å². The summed E-state index contributed by atoms with van der Waals surface area (Å²) in [6.07, 6.45) is 1.30. The van der Waals surface area contributed by atoms with Crippen molar-refractivity contribution in [3.63, 3.8) is 0 Å². The van der Waals surface area contributed by atoms with E-state index in [0.29, 0.717) is 29.7 Å². The molecular weight excluding hydrogens is 314 g/mol. The SMILES string of the molecule is CCCN1C(=O)[C@@H](Cc2nc3ccccc3c(=O)[nH]2)c2ccccc21. The highest BCUT2D eigenvalue weighted by Gasteiger charge is 2.36. The van der Waals surface area contributed by atoms with Crippen LogP contribution in [0.3, 0.4) is 0 Å². The number of amides is 1. The van der Waals surface area contributed by atoms with Gasteiger partial charge in [-0.1, -0.05) is 37.3 Å². The molecule has 25 heavy (non-hydrogen) atoms. The van der Waals surface area contributed by atoms with Crippen molar-refractivity contribution in [2.45, 2.75) is 25.7 Å². The molecule has 0 radical (unpaired) electrons. The second-order valence-electron chi connectivity index (χ2n) is 6.34. The van der Waals surface area contributed by atoms with Crippen LogP contribution in [0.25, 0.3) is 10.9 Å². The van der Waals surface area contributed by atoms with E-state index in [1.165, 1.54) is 0 Å². The molecule has 1 aromatic heterocycles. The van der Waals surface area contributed by atoms with Gasteiger partial charge in [0.15, 0.2) is 0 Å². The van der Waals surface area contributed by atoms with Gasteiger partial charge in [-0.25, -0.2) is 4.98 Å². The number of anilines is 1. The molecule has 1 atom stereocenters. The summed E-state index contributed by atoms with van der Waals surface area (Å²) in [5.41, 5.74) is 2.48. The van der Waals surface area contributed by atoms with Gasteiger partial charge in [0.05, 0.1) is 16.8 Å². The maximum Gasteiger partial charge on any atom is 0.258 e. The quantitative estimate of drug-likeness (QED) is 0.798. The summed E-state index contributed by atoms with van der Waals surface area (Å²) in [6, 6.07) is 15.1. The van der Waals surface area contributed by atoms with Crippen LogP contribution in [0.5, 0.6) is 0 Å². The predicted octanol–water partition coefficient (Wildman–Crippen LogP) is 3.01. The zero-order valence-corrected chi connectivity index (χ0v) is 14.0. The number of rotatable bonds is 4. The summed E-state index contributed by atoms with van der Waals surface area (Å²) in [5, 5.41) is 0.567. The van der Waals surface area contributed by atoms with Gasteiger partial charge in [-0.05, 0) is 30.2 Å². The van der Waals surface area contributed by atoms with Gasteiger partial charge in [-0.15, -0.1) is 0 Å². The second kappa shape index (κ2) is 6.16. The van der Waals surface area contributed by atoms with Gasteiger partial charge in [-0.2, -0.15) is 0 Å². The van der Waals surface area contributed by atoms with Crippen LogP contribution in [0.1, 0.15) is 30.7 Å². The first-order valence-electron chi connectivity index (χ1n) is 8.57. The number of benzene rings is 2. The first-order valence-corrected chi connectivity index (χ1v) is 8.57. The van der Waals surface area contributed by atoms with Crippen molar-refractivity contribution >= 4 is 22.5 Å². The Morgan fingerprint density at radius 2 is 1.84 bits per heavy atom. The fourth-order valence-electron chi connectivity index (χ4n) is 3.54. The lowest BCUT2D eigenvalue weighted by atomic mass is 9.97. The molecule has 0 saturated heterocycles. The van der Waals surface area contributed by atoms with E-state index in [2.05, 4.69) is 16.9 Å². The maximum atomic E-state index is 12.9. The zero-order valence-electron chi connectivity index (χ0n) is 14.0. The minimum atomic E-state index is -0.299. The summed E-state index contributed by atoms with van der Waals surface area (Å²) in [4.78, 5) is 34.4.